The minimum absolute atomic E-state index is 0.374. The molecule has 0 spiro atoms. The zero-order chi connectivity index (χ0) is 25.5. The molecule has 2 aromatic carbocycles. The monoisotopic (exact) mass is 515 g/mol. The van der Waals surface area contributed by atoms with Crippen molar-refractivity contribution in [2.45, 2.75) is 27.0 Å². The van der Waals surface area contributed by atoms with Crippen molar-refractivity contribution in [2.24, 2.45) is 0 Å². The summed E-state index contributed by atoms with van der Waals surface area (Å²) in [5.41, 5.74) is 6.84. The van der Waals surface area contributed by atoms with Gasteiger partial charge in [-0.15, -0.1) is 0 Å². The molecule has 0 aliphatic carbocycles. The van der Waals surface area contributed by atoms with Gasteiger partial charge in [-0.3, -0.25) is 14.1 Å². The molecule has 37 heavy (non-hydrogen) atoms. The minimum Gasteiger partial charge on any atom is -0.488 e. The first-order chi connectivity index (χ1) is 18.0. The molecule has 1 aliphatic rings. The zero-order valence-electron chi connectivity index (χ0n) is 20.1. The number of benzene rings is 2. The fourth-order valence-corrected chi connectivity index (χ4v) is 4.84. The summed E-state index contributed by atoms with van der Waals surface area (Å²) in [5.74, 6) is 0.523. The first-order valence-electron chi connectivity index (χ1n) is 11.8. The van der Waals surface area contributed by atoms with Crippen molar-refractivity contribution in [3.8, 4) is 11.8 Å². The second-order valence-electron chi connectivity index (χ2n) is 8.60. The van der Waals surface area contributed by atoms with Gasteiger partial charge in [-0.05, 0) is 54.3 Å². The lowest BCUT2D eigenvalue weighted by atomic mass is 9.89. The molecule has 5 aromatic rings. The summed E-state index contributed by atoms with van der Waals surface area (Å²) in [6.07, 6.45) is 1.66. The number of hydrogen-bond donors (Lipinski definition) is 1. The number of para-hydroxylation sites is 1. The molecule has 0 amide bonds. The van der Waals surface area contributed by atoms with Gasteiger partial charge in [0.25, 0.3) is 6.01 Å². The number of halogens is 1. The number of fused-ring (bicyclic) bond motifs is 3. The number of rotatable bonds is 5. The summed E-state index contributed by atoms with van der Waals surface area (Å²) in [6.45, 7) is 5.14. The highest BCUT2D eigenvalue weighted by molar-refractivity contribution is 6.34. The smallest absolute Gasteiger partial charge is 0.439 e. The predicted molar refractivity (Wildman–Crippen MR) is 139 cm³/mol. The Morgan fingerprint density at radius 2 is 2.05 bits per heavy atom. The minimum atomic E-state index is -0.602. The molecule has 0 atom stereocenters. The number of ether oxygens (including phenoxy) is 2. The van der Waals surface area contributed by atoms with Crippen LogP contribution in [0.5, 0.6) is 11.8 Å². The molecule has 0 radical (unpaired) electrons. The molecule has 3 aromatic heterocycles. The van der Waals surface area contributed by atoms with E-state index in [4.69, 9.17) is 25.6 Å². The third-order valence-electron chi connectivity index (χ3n) is 6.31. The highest BCUT2D eigenvalue weighted by Crippen LogP contribution is 2.40. The van der Waals surface area contributed by atoms with Gasteiger partial charge in [0.05, 0.1) is 18.2 Å². The Morgan fingerprint density at radius 1 is 1.19 bits per heavy atom. The van der Waals surface area contributed by atoms with Gasteiger partial charge in [0.2, 0.25) is 0 Å². The van der Waals surface area contributed by atoms with E-state index in [1.165, 1.54) is 0 Å². The van der Waals surface area contributed by atoms with Gasteiger partial charge in [0.1, 0.15) is 17.9 Å². The van der Waals surface area contributed by atoms with E-state index in [-0.39, 0.29) is 0 Å². The lowest BCUT2D eigenvalue weighted by molar-refractivity contribution is 0.300. The van der Waals surface area contributed by atoms with Gasteiger partial charge >= 0.3 is 5.76 Å². The van der Waals surface area contributed by atoms with Crippen LogP contribution >= 0.6 is 11.6 Å². The topological polar surface area (TPSA) is 108 Å². The van der Waals surface area contributed by atoms with Crippen LogP contribution in [0.4, 0.5) is 0 Å². The standard InChI is InChI=1S/C27H22ClN5O4/c1-3-35-26-30-23-20(28)10-11-29-25(23)33(26)13-16-8-9-18-17(12-16)14-36-21-7-5-4-6-19(21)22(18)15(2)24-31-27(34)37-32-24/h4-12H,3,13-14H2,1-2H3,(H,31,32,34)/b22-15+. The van der Waals surface area contributed by atoms with Crippen molar-refractivity contribution in [1.82, 2.24) is 24.7 Å². The maximum absolute atomic E-state index is 11.7. The number of allylic oxidation sites excluding steroid dienone is 1. The predicted octanol–water partition coefficient (Wildman–Crippen LogP) is 5.08. The van der Waals surface area contributed by atoms with Crippen LogP contribution < -0.4 is 15.2 Å². The number of hydrogen-bond acceptors (Lipinski definition) is 7. The van der Waals surface area contributed by atoms with Gasteiger partial charge in [-0.1, -0.05) is 47.1 Å². The molecule has 4 heterocycles. The molecular weight excluding hydrogens is 494 g/mol. The fraction of sp³-hybridized carbons (Fsp3) is 0.185. The van der Waals surface area contributed by atoms with Crippen LogP contribution in [0, 0.1) is 0 Å². The zero-order valence-corrected chi connectivity index (χ0v) is 20.9. The molecular formula is C27H22ClN5O4. The van der Waals surface area contributed by atoms with Gasteiger partial charge in [-0.2, -0.15) is 4.98 Å². The number of aromatic nitrogens is 5. The second kappa shape index (κ2) is 9.25. The number of nitrogens with zero attached hydrogens (tertiary/aromatic N) is 4. The van der Waals surface area contributed by atoms with E-state index in [2.05, 4.69) is 38.3 Å². The third-order valence-corrected chi connectivity index (χ3v) is 6.62. The van der Waals surface area contributed by atoms with E-state index in [9.17, 15) is 4.79 Å². The summed E-state index contributed by atoms with van der Waals surface area (Å²) in [7, 11) is 0. The lowest BCUT2D eigenvalue weighted by Gasteiger charge is -2.15. The van der Waals surface area contributed by atoms with E-state index in [1.807, 2.05) is 42.7 Å². The van der Waals surface area contributed by atoms with Crippen molar-refractivity contribution < 1.29 is 14.0 Å². The van der Waals surface area contributed by atoms with Gasteiger partial charge in [0, 0.05) is 17.3 Å². The third kappa shape index (κ3) is 4.07. The van der Waals surface area contributed by atoms with Crippen molar-refractivity contribution in [1.29, 1.82) is 0 Å². The molecule has 0 saturated heterocycles. The summed E-state index contributed by atoms with van der Waals surface area (Å²) in [4.78, 5) is 23.4. The maximum Gasteiger partial charge on any atom is 0.439 e. The largest absolute Gasteiger partial charge is 0.488 e. The molecule has 0 unspecified atom stereocenters. The first-order valence-corrected chi connectivity index (χ1v) is 12.2. The molecule has 1 aliphatic heterocycles. The van der Waals surface area contributed by atoms with E-state index < -0.39 is 5.76 Å². The average Bonchev–Trinajstić information content (AvgIpc) is 3.44. The molecule has 0 saturated carbocycles. The SMILES string of the molecule is CCOc1nc2c(Cl)ccnc2n1Cc1ccc2c(c1)COc1ccccc1/C2=C(\C)c1noc(=O)[nH]1. The summed E-state index contributed by atoms with van der Waals surface area (Å²) in [6, 6.07) is 16.2. The van der Waals surface area contributed by atoms with Crippen LogP contribution in [-0.2, 0) is 13.2 Å². The van der Waals surface area contributed by atoms with Crippen LogP contribution in [0.15, 0.2) is 64.0 Å². The van der Waals surface area contributed by atoms with Crippen LogP contribution in [0.3, 0.4) is 0 Å². The van der Waals surface area contributed by atoms with E-state index in [1.54, 1.807) is 12.3 Å². The second-order valence-corrected chi connectivity index (χ2v) is 9.01. The van der Waals surface area contributed by atoms with E-state index in [0.717, 1.165) is 39.1 Å². The first kappa shape index (κ1) is 23.1. The molecule has 0 bridgehead atoms. The summed E-state index contributed by atoms with van der Waals surface area (Å²) < 4.78 is 18.7. The Labute approximate surface area is 216 Å². The Bertz CT molecular complexity index is 1730. The highest BCUT2D eigenvalue weighted by Gasteiger charge is 2.24. The van der Waals surface area contributed by atoms with E-state index >= 15 is 0 Å². The van der Waals surface area contributed by atoms with Crippen LogP contribution in [0.2, 0.25) is 5.02 Å². The van der Waals surface area contributed by atoms with Gasteiger partial charge < -0.3 is 9.47 Å². The molecule has 0 fully saturated rings. The van der Waals surface area contributed by atoms with Crippen molar-refractivity contribution in [3.05, 3.63) is 98.4 Å². The summed E-state index contributed by atoms with van der Waals surface area (Å²) >= 11 is 6.37. The van der Waals surface area contributed by atoms with Crippen LogP contribution in [-0.4, -0.2) is 31.3 Å². The van der Waals surface area contributed by atoms with Crippen molar-refractivity contribution in [3.63, 3.8) is 0 Å². The Kier molecular flexibility index (Phi) is 5.77. The quantitative estimate of drug-likeness (QED) is 0.347. The Hall–Kier alpha value is -4.37. The molecule has 1 N–H and O–H groups in total. The summed E-state index contributed by atoms with van der Waals surface area (Å²) in [5, 5.41) is 4.44. The maximum atomic E-state index is 11.7. The van der Waals surface area contributed by atoms with Crippen molar-refractivity contribution in [2.75, 3.05) is 6.61 Å². The Balaban J connectivity index is 1.48. The Morgan fingerprint density at radius 3 is 2.86 bits per heavy atom. The molecule has 10 heteroatoms. The molecule has 6 rings (SSSR count). The number of aromatic amines is 1. The van der Waals surface area contributed by atoms with Gasteiger partial charge in [0.15, 0.2) is 11.5 Å². The molecule has 9 nitrogen and oxygen atoms in total. The number of nitrogens with one attached hydrogen (secondary N) is 1. The number of pyridine rings is 1. The molecule has 186 valence electrons. The number of H-pyrrole nitrogens is 1. The fourth-order valence-electron chi connectivity index (χ4n) is 4.65. The highest BCUT2D eigenvalue weighted by atomic mass is 35.5. The number of imidazole rings is 1. The van der Waals surface area contributed by atoms with E-state index in [0.29, 0.717) is 47.8 Å². The van der Waals surface area contributed by atoms with Crippen LogP contribution in [0.1, 0.15) is 41.9 Å². The lowest BCUT2D eigenvalue weighted by Crippen LogP contribution is -2.07. The van der Waals surface area contributed by atoms with Crippen LogP contribution in [0.25, 0.3) is 22.3 Å². The van der Waals surface area contributed by atoms with Crippen molar-refractivity contribution >= 4 is 33.9 Å². The van der Waals surface area contributed by atoms with Gasteiger partial charge in [-0.25, -0.2) is 9.78 Å². The normalized spacial score (nSPS) is 14.0. The average molecular weight is 516 g/mol.